The Labute approximate surface area is 151 Å². The average molecular weight is 359 g/mol. The zero-order chi connectivity index (χ0) is 16.5. The molecule has 0 saturated carbocycles. The summed E-state index contributed by atoms with van der Waals surface area (Å²) in [7, 11) is 0. The van der Waals surface area contributed by atoms with Crippen molar-refractivity contribution in [3.05, 3.63) is 47.3 Å². The van der Waals surface area contributed by atoms with E-state index in [0.717, 1.165) is 12.1 Å². The van der Waals surface area contributed by atoms with Crippen molar-refractivity contribution < 1.29 is 4.79 Å². The van der Waals surface area contributed by atoms with Crippen molar-refractivity contribution >= 4 is 29.0 Å². The molecule has 4 atom stereocenters. The molecule has 4 unspecified atom stereocenters. The third kappa shape index (κ3) is 3.39. The molecular formula is C19H22N2OS2. The highest BCUT2D eigenvalue weighted by Crippen LogP contribution is 2.33. The summed E-state index contributed by atoms with van der Waals surface area (Å²) in [5.74, 6) is 0.705. The molecule has 5 heteroatoms. The number of piperidine rings is 3. The monoisotopic (exact) mass is 358 g/mol. The van der Waals surface area contributed by atoms with Crippen LogP contribution >= 0.6 is 23.1 Å². The predicted molar refractivity (Wildman–Crippen MR) is 99.9 cm³/mol. The van der Waals surface area contributed by atoms with Crippen LogP contribution in [0.5, 0.6) is 0 Å². The van der Waals surface area contributed by atoms with E-state index in [2.05, 4.69) is 34.7 Å². The molecule has 2 aromatic rings. The number of hydrogen-bond donors (Lipinski definition) is 1. The summed E-state index contributed by atoms with van der Waals surface area (Å²) in [6.45, 7) is 4.49. The van der Waals surface area contributed by atoms with Crippen molar-refractivity contribution in [2.24, 2.45) is 5.92 Å². The SMILES string of the molecule is CC1CC2CCN1CC2NC(=O)c1ccc(Sc2cccs2)cc1. The molecule has 4 heterocycles. The number of carbonyl (C=O) groups excluding carboxylic acids is 1. The number of hydrogen-bond acceptors (Lipinski definition) is 4. The van der Waals surface area contributed by atoms with Crippen LogP contribution in [0.25, 0.3) is 0 Å². The lowest BCUT2D eigenvalue weighted by atomic mass is 9.80. The Morgan fingerprint density at radius 1 is 1.29 bits per heavy atom. The normalized spacial score (nSPS) is 28.7. The van der Waals surface area contributed by atoms with Gasteiger partial charge in [0.1, 0.15) is 0 Å². The van der Waals surface area contributed by atoms with Crippen LogP contribution in [0.4, 0.5) is 0 Å². The van der Waals surface area contributed by atoms with Gasteiger partial charge in [0.05, 0.1) is 4.21 Å². The van der Waals surface area contributed by atoms with Crippen molar-refractivity contribution in [2.75, 3.05) is 13.1 Å². The number of nitrogens with zero attached hydrogens (tertiary/aromatic N) is 1. The highest BCUT2D eigenvalue weighted by Gasteiger charge is 2.38. The molecule has 126 valence electrons. The quantitative estimate of drug-likeness (QED) is 0.893. The van der Waals surface area contributed by atoms with Crippen molar-refractivity contribution in [3.63, 3.8) is 0 Å². The van der Waals surface area contributed by atoms with E-state index in [4.69, 9.17) is 0 Å². The highest BCUT2D eigenvalue weighted by atomic mass is 32.2. The lowest BCUT2D eigenvalue weighted by Crippen LogP contribution is -2.60. The second-order valence-corrected chi connectivity index (χ2v) is 9.09. The third-order valence-electron chi connectivity index (χ3n) is 5.20. The summed E-state index contributed by atoms with van der Waals surface area (Å²) in [5.41, 5.74) is 0.759. The van der Waals surface area contributed by atoms with Gasteiger partial charge in [0, 0.05) is 29.1 Å². The molecule has 3 saturated heterocycles. The van der Waals surface area contributed by atoms with Crippen molar-refractivity contribution in [1.29, 1.82) is 0 Å². The minimum absolute atomic E-state index is 0.0640. The van der Waals surface area contributed by atoms with Gasteiger partial charge in [-0.05, 0) is 67.9 Å². The van der Waals surface area contributed by atoms with E-state index in [1.807, 2.05) is 24.3 Å². The van der Waals surface area contributed by atoms with Gasteiger partial charge in [-0.2, -0.15) is 0 Å². The van der Waals surface area contributed by atoms with E-state index in [1.54, 1.807) is 23.1 Å². The van der Waals surface area contributed by atoms with Crippen molar-refractivity contribution in [3.8, 4) is 0 Å². The molecule has 0 spiro atoms. The van der Waals surface area contributed by atoms with Gasteiger partial charge in [-0.1, -0.05) is 17.8 Å². The first-order valence-electron chi connectivity index (χ1n) is 8.55. The van der Waals surface area contributed by atoms with Crippen molar-refractivity contribution in [1.82, 2.24) is 10.2 Å². The summed E-state index contributed by atoms with van der Waals surface area (Å²) in [5, 5.41) is 5.35. The van der Waals surface area contributed by atoms with E-state index in [1.165, 1.54) is 28.5 Å². The number of carbonyl (C=O) groups is 1. The first-order chi connectivity index (χ1) is 11.7. The van der Waals surface area contributed by atoms with Crippen LogP contribution in [-0.4, -0.2) is 36.0 Å². The van der Waals surface area contributed by atoms with Gasteiger partial charge >= 0.3 is 0 Å². The predicted octanol–water partition coefficient (Wildman–Crippen LogP) is 4.11. The van der Waals surface area contributed by atoms with Crippen LogP contribution in [0.3, 0.4) is 0 Å². The number of benzene rings is 1. The van der Waals surface area contributed by atoms with Gasteiger partial charge < -0.3 is 5.32 Å². The molecular weight excluding hydrogens is 336 g/mol. The topological polar surface area (TPSA) is 32.3 Å². The van der Waals surface area contributed by atoms with Gasteiger partial charge in [0.25, 0.3) is 5.91 Å². The Morgan fingerprint density at radius 2 is 2.12 bits per heavy atom. The van der Waals surface area contributed by atoms with Crippen LogP contribution in [0.2, 0.25) is 0 Å². The lowest BCUT2D eigenvalue weighted by molar-refractivity contribution is 0.0274. The zero-order valence-corrected chi connectivity index (χ0v) is 15.4. The van der Waals surface area contributed by atoms with Crippen LogP contribution in [0.1, 0.15) is 30.1 Å². The Balaban J connectivity index is 1.38. The summed E-state index contributed by atoms with van der Waals surface area (Å²) >= 11 is 3.48. The first-order valence-corrected chi connectivity index (χ1v) is 10.2. The molecule has 3 aliphatic heterocycles. The molecule has 0 radical (unpaired) electrons. The minimum atomic E-state index is 0.0640. The molecule has 2 bridgehead atoms. The maximum Gasteiger partial charge on any atom is 0.251 e. The Kier molecular flexibility index (Phi) is 4.66. The molecule has 1 N–H and O–H groups in total. The van der Waals surface area contributed by atoms with Crippen LogP contribution in [0.15, 0.2) is 50.9 Å². The standard InChI is InChI=1S/C19H22N2OS2/c1-13-11-15-8-9-21(13)12-17(15)20-19(22)14-4-6-16(7-5-14)24-18-3-2-10-23-18/h2-7,10,13,15,17H,8-9,11-12H2,1H3,(H,20,22). The Hall–Kier alpha value is -1.30. The fourth-order valence-corrected chi connectivity index (χ4v) is 5.57. The molecule has 0 aliphatic carbocycles. The van der Waals surface area contributed by atoms with Gasteiger partial charge in [0.15, 0.2) is 0 Å². The van der Waals surface area contributed by atoms with Crippen molar-refractivity contribution in [2.45, 2.75) is 41.0 Å². The summed E-state index contributed by atoms with van der Waals surface area (Å²) in [6, 6.07) is 13.1. The summed E-state index contributed by atoms with van der Waals surface area (Å²) < 4.78 is 1.27. The molecule has 3 nitrogen and oxygen atoms in total. The highest BCUT2D eigenvalue weighted by molar-refractivity contribution is 8.01. The summed E-state index contributed by atoms with van der Waals surface area (Å²) in [6.07, 6.45) is 2.42. The molecule has 1 aromatic heterocycles. The molecule has 3 fully saturated rings. The smallest absolute Gasteiger partial charge is 0.251 e. The molecule has 1 aromatic carbocycles. The second kappa shape index (κ2) is 6.90. The maximum atomic E-state index is 12.6. The fraction of sp³-hybridized carbons (Fsp3) is 0.421. The van der Waals surface area contributed by atoms with Gasteiger partial charge in [-0.15, -0.1) is 11.3 Å². The zero-order valence-electron chi connectivity index (χ0n) is 13.8. The largest absolute Gasteiger partial charge is 0.348 e. The Morgan fingerprint density at radius 3 is 2.75 bits per heavy atom. The fourth-order valence-electron chi connectivity index (χ4n) is 3.82. The number of rotatable bonds is 4. The molecule has 1 amide bonds. The average Bonchev–Trinajstić information content (AvgIpc) is 3.09. The number of nitrogens with one attached hydrogen (secondary N) is 1. The minimum Gasteiger partial charge on any atom is -0.348 e. The third-order valence-corrected chi connectivity index (χ3v) is 7.25. The molecule has 24 heavy (non-hydrogen) atoms. The van der Waals surface area contributed by atoms with E-state index >= 15 is 0 Å². The van der Waals surface area contributed by atoms with E-state index in [-0.39, 0.29) is 5.91 Å². The first kappa shape index (κ1) is 16.2. The molecule has 5 rings (SSSR count). The number of thiophene rings is 1. The van der Waals surface area contributed by atoms with Crippen LogP contribution in [-0.2, 0) is 0 Å². The Bertz CT molecular complexity index is 699. The summed E-state index contributed by atoms with van der Waals surface area (Å²) in [4.78, 5) is 16.2. The van der Waals surface area contributed by atoms with E-state index in [9.17, 15) is 4.79 Å². The van der Waals surface area contributed by atoms with E-state index < -0.39 is 0 Å². The van der Waals surface area contributed by atoms with Gasteiger partial charge in [-0.3, -0.25) is 9.69 Å². The number of amides is 1. The lowest BCUT2D eigenvalue weighted by Gasteiger charge is -2.48. The van der Waals surface area contributed by atoms with Crippen LogP contribution < -0.4 is 5.32 Å². The van der Waals surface area contributed by atoms with Gasteiger partial charge in [0.2, 0.25) is 0 Å². The number of fused-ring (bicyclic) bond motifs is 3. The van der Waals surface area contributed by atoms with E-state index in [0.29, 0.717) is 18.0 Å². The maximum absolute atomic E-state index is 12.6. The second-order valence-electron chi connectivity index (χ2n) is 6.77. The van der Waals surface area contributed by atoms with Crippen LogP contribution in [0, 0.1) is 5.92 Å². The molecule has 3 aliphatic rings. The van der Waals surface area contributed by atoms with Gasteiger partial charge in [-0.25, -0.2) is 0 Å².